The number of hydrogen-bond acceptors (Lipinski definition) is 2. The maximum Gasteiger partial charge on any atom is 0.311 e. The predicted molar refractivity (Wildman–Crippen MR) is 58.2 cm³/mol. The van der Waals surface area contributed by atoms with Crippen LogP contribution in [0.25, 0.3) is 0 Å². The molecule has 1 aromatic carbocycles. The molecule has 1 aromatic rings. The monoisotopic (exact) mass is 226 g/mol. The van der Waals surface area contributed by atoms with E-state index in [0.717, 1.165) is 0 Å². The molecule has 16 heavy (non-hydrogen) atoms. The number of aliphatic carboxylic acids is 1. The smallest absolute Gasteiger partial charge is 0.311 e. The van der Waals surface area contributed by atoms with E-state index in [1.165, 1.54) is 19.2 Å². The molecule has 1 rings (SSSR count). The zero-order valence-corrected chi connectivity index (χ0v) is 9.53. The first kappa shape index (κ1) is 12.5. The summed E-state index contributed by atoms with van der Waals surface area (Å²) < 4.78 is 18.7. The predicted octanol–water partition coefficient (Wildman–Crippen LogP) is 2.66. The highest BCUT2D eigenvalue weighted by atomic mass is 19.1. The van der Waals surface area contributed by atoms with Crippen molar-refractivity contribution in [2.45, 2.75) is 19.8 Å². The van der Waals surface area contributed by atoms with Crippen LogP contribution in [0.2, 0.25) is 0 Å². The number of hydrogen-bond donors (Lipinski definition) is 1. The van der Waals surface area contributed by atoms with E-state index in [1.54, 1.807) is 19.9 Å². The van der Waals surface area contributed by atoms with Gasteiger partial charge in [-0.25, -0.2) is 4.39 Å². The number of halogens is 1. The molecule has 1 N–H and O–H groups in total. The molecule has 1 atom stereocenters. The zero-order chi connectivity index (χ0) is 12.3. The van der Waals surface area contributed by atoms with Crippen LogP contribution >= 0.6 is 0 Å². The van der Waals surface area contributed by atoms with Gasteiger partial charge in [0.2, 0.25) is 0 Å². The molecule has 0 aliphatic carbocycles. The lowest BCUT2D eigenvalue weighted by Gasteiger charge is -2.18. The molecule has 0 aliphatic rings. The molecule has 0 aromatic heterocycles. The van der Waals surface area contributed by atoms with Gasteiger partial charge in [0.15, 0.2) is 11.6 Å². The molecule has 1 unspecified atom stereocenters. The van der Waals surface area contributed by atoms with Gasteiger partial charge in [0.25, 0.3) is 0 Å². The summed E-state index contributed by atoms with van der Waals surface area (Å²) in [4.78, 5) is 11.1. The van der Waals surface area contributed by atoms with Crippen molar-refractivity contribution in [3.63, 3.8) is 0 Å². The third kappa shape index (κ3) is 2.32. The third-order valence-electron chi connectivity index (χ3n) is 2.48. The normalized spacial score (nSPS) is 12.6. The van der Waals surface area contributed by atoms with E-state index in [9.17, 15) is 9.18 Å². The fourth-order valence-electron chi connectivity index (χ4n) is 1.70. The van der Waals surface area contributed by atoms with Crippen molar-refractivity contribution >= 4 is 5.97 Å². The Morgan fingerprint density at radius 3 is 2.50 bits per heavy atom. The second-order valence-corrected chi connectivity index (χ2v) is 3.92. The van der Waals surface area contributed by atoms with Crippen LogP contribution < -0.4 is 4.74 Å². The SMILES string of the molecule is COc1cccc(C(C(=O)O)C(C)C)c1F. The van der Waals surface area contributed by atoms with Gasteiger partial charge < -0.3 is 9.84 Å². The van der Waals surface area contributed by atoms with Gasteiger partial charge in [-0.2, -0.15) is 0 Å². The average molecular weight is 226 g/mol. The van der Waals surface area contributed by atoms with Crippen LogP contribution in [0.4, 0.5) is 4.39 Å². The molecular formula is C12H15FO3. The fourth-order valence-corrected chi connectivity index (χ4v) is 1.70. The van der Waals surface area contributed by atoms with Gasteiger partial charge in [0.05, 0.1) is 13.0 Å². The number of carboxylic acids is 1. The summed E-state index contributed by atoms with van der Waals surface area (Å²) in [5.41, 5.74) is 0.168. The number of carbonyl (C=O) groups is 1. The van der Waals surface area contributed by atoms with Crippen molar-refractivity contribution in [1.29, 1.82) is 0 Å². The molecule has 3 nitrogen and oxygen atoms in total. The van der Waals surface area contributed by atoms with Crippen molar-refractivity contribution in [1.82, 2.24) is 0 Å². The first-order valence-corrected chi connectivity index (χ1v) is 5.04. The van der Waals surface area contributed by atoms with E-state index in [2.05, 4.69) is 0 Å². The lowest BCUT2D eigenvalue weighted by atomic mass is 9.88. The number of carboxylic acid groups (broad SMARTS) is 1. The molecule has 0 saturated carbocycles. The maximum atomic E-state index is 13.9. The highest BCUT2D eigenvalue weighted by Gasteiger charge is 2.27. The second-order valence-electron chi connectivity index (χ2n) is 3.92. The Morgan fingerprint density at radius 2 is 2.06 bits per heavy atom. The molecule has 0 fully saturated rings. The summed E-state index contributed by atoms with van der Waals surface area (Å²) in [5, 5.41) is 9.08. The highest BCUT2D eigenvalue weighted by Crippen LogP contribution is 2.31. The van der Waals surface area contributed by atoms with Crippen molar-refractivity contribution in [3.05, 3.63) is 29.6 Å². The lowest BCUT2D eigenvalue weighted by molar-refractivity contribution is -0.139. The Labute approximate surface area is 93.9 Å². The van der Waals surface area contributed by atoms with E-state index in [-0.39, 0.29) is 17.2 Å². The van der Waals surface area contributed by atoms with Gasteiger partial charge in [-0.3, -0.25) is 4.79 Å². The number of ether oxygens (including phenoxy) is 1. The van der Waals surface area contributed by atoms with Crippen molar-refractivity contribution < 1.29 is 19.0 Å². The van der Waals surface area contributed by atoms with E-state index in [0.29, 0.717) is 0 Å². The minimum absolute atomic E-state index is 0.0735. The number of methoxy groups -OCH3 is 1. The van der Waals surface area contributed by atoms with Gasteiger partial charge in [-0.1, -0.05) is 26.0 Å². The van der Waals surface area contributed by atoms with Gasteiger partial charge in [0, 0.05) is 5.56 Å². The fraction of sp³-hybridized carbons (Fsp3) is 0.417. The molecular weight excluding hydrogens is 211 g/mol. The van der Waals surface area contributed by atoms with E-state index >= 15 is 0 Å². The number of rotatable bonds is 4. The van der Waals surface area contributed by atoms with Crippen LogP contribution in [0.5, 0.6) is 5.75 Å². The third-order valence-corrected chi connectivity index (χ3v) is 2.48. The molecule has 88 valence electrons. The van der Waals surface area contributed by atoms with Crippen LogP contribution in [-0.2, 0) is 4.79 Å². The Bertz CT molecular complexity index is 388. The van der Waals surface area contributed by atoms with Crippen LogP contribution in [0.15, 0.2) is 18.2 Å². The molecule has 0 radical (unpaired) electrons. The zero-order valence-electron chi connectivity index (χ0n) is 9.53. The summed E-state index contributed by atoms with van der Waals surface area (Å²) in [6.07, 6.45) is 0. The Balaban J connectivity index is 3.25. The van der Waals surface area contributed by atoms with E-state index in [4.69, 9.17) is 9.84 Å². The highest BCUT2D eigenvalue weighted by molar-refractivity contribution is 5.76. The topological polar surface area (TPSA) is 46.5 Å². The molecule has 4 heteroatoms. The Hall–Kier alpha value is -1.58. The molecule has 0 amide bonds. The first-order chi connectivity index (χ1) is 7.49. The van der Waals surface area contributed by atoms with E-state index < -0.39 is 17.7 Å². The molecule has 0 saturated heterocycles. The Kier molecular flexibility index (Phi) is 3.88. The van der Waals surface area contributed by atoms with Crippen LogP contribution in [-0.4, -0.2) is 18.2 Å². The van der Waals surface area contributed by atoms with Gasteiger partial charge >= 0.3 is 5.97 Å². The maximum absolute atomic E-state index is 13.9. The lowest BCUT2D eigenvalue weighted by Crippen LogP contribution is -2.19. The van der Waals surface area contributed by atoms with Crippen molar-refractivity contribution in [2.24, 2.45) is 5.92 Å². The van der Waals surface area contributed by atoms with Crippen molar-refractivity contribution in [3.8, 4) is 5.75 Å². The Morgan fingerprint density at radius 1 is 1.44 bits per heavy atom. The summed E-state index contributed by atoms with van der Waals surface area (Å²) in [5.74, 6) is -2.58. The van der Waals surface area contributed by atoms with Crippen molar-refractivity contribution in [2.75, 3.05) is 7.11 Å². The molecule has 0 spiro atoms. The summed E-state index contributed by atoms with van der Waals surface area (Å²) in [6.45, 7) is 3.50. The van der Waals surface area contributed by atoms with Gasteiger partial charge in [-0.05, 0) is 12.0 Å². The summed E-state index contributed by atoms with van der Waals surface area (Å²) >= 11 is 0. The van der Waals surface area contributed by atoms with Crippen LogP contribution in [0.3, 0.4) is 0 Å². The van der Waals surface area contributed by atoms with E-state index in [1.807, 2.05) is 0 Å². The summed E-state index contributed by atoms with van der Waals surface area (Å²) in [7, 11) is 1.35. The summed E-state index contributed by atoms with van der Waals surface area (Å²) in [6, 6.07) is 4.55. The van der Waals surface area contributed by atoms with Gasteiger partial charge in [-0.15, -0.1) is 0 Å². The minimum Gasteiger partial charge on any atom is -0.494 e. The second kappa shape index (κ2) is 4.96. The standard InChI is InChI=1S/C12H15FO3/c1-7(2)10(12(14)15)8-5-4-6-9(16-3)11(8)13/h4-7,10H,1-3H3,(H,14,15). The molecule has 0 bridgehead atoms. The molecule has 0 aliphatic heterocycles. The first-order valence-electron chi connectivity index (χ1n) is 5.04. The van der Waals surface area contributed by atoms with Crippen LogP contribution in [0.1, 0.15) is 25.3 Å². The largest absolute Gasteiger partial charge is 0.494 e. The van der Waals surface area contributed by atoms with Crippen LogP contribution in [0, 0.1) is 11.7 Å². The molecule has 0 heterocycles. The average Bonchev–Trinajstić information content (AvgIpc) is 2.20. The minimum atomic E-state index is -1.03. The van der Waals surface area contributed by atoms with Gasteiger partial charge in [0.1, 0.15) is 0 Å². The number of benzene rings is 1. The quantitative estimate of drug-likeness (QED) is 0.858.